The first-order valence-corrected chi connectivity index (χ1v) is 4.36. The number of nitrogens with two attached hydrogens (primary N) is 1. The lowest BCUT2D eigenvalue weighted by molar-refractivity contribution is 0.0759. The van der Waals surface area contributed by atoms with Crippen LogP contribution in [-0.4, -0.2) is 29.9 Å². The molecule has 1 saturated heterocycles. The van der Waals surface area contributed by atoms with Gasteiger partial charge in [0.05, 0.1) is 6.26 Å². The zero-order valence-electron chi connectivity index (χ0n) is 7.27. The van der Waals surface area contributed by atoms with Gasteiger partial charge in [0.15, 0.2) is 5.76 Å². The maximum absolute atomic E-state index is 11.6. The second-order valence-electron chi connectivity index (χ2n) is 3.28. The molecule has 2 heterocycles. The molecule has 0 aromatic carbocycles. The summed E-state index contributed by atoms with van der Waals surface area (Å²) in [4.78, 5) is 13.4. The highest BCUT2D eigenvalue weighted by Gasteiger charge is 2.25. The van der Waals surface area contributed by atoms with Gasteiger partial charge < -0.3 is 15.1 Å². The Morgan fingerprint density at radius 2 is 2.54 bits per heavy atom. The Labute approximate surface area is 76.3 Å². The van der Waals surface area contributed by atoms with Gasteiger partial charge in [-0.2, -0.15) is 0 Å². The van der Waals surface area contributed by atoms with Crippen LogP contribution in [0.15, 0.2) is 22.8 Å². The van der Waals surface area contributed by atoms with Crippen LogP contribution in [0, 0.1) is 0 Å². The Morgan fingerprint density at radius 3 is 3.08 bits per heavy atom. The summed E-state index contributed by atoms with van der Waals surface area (Å²) in [6.45, 7) is 1.38. The first-order chi connectivity index (χ1) is 6.27. The van der Waals surface area contributed by atoms with Crippen LogP contribution < -0.4 is 5.73 Å². The molecule has 1 aliphatic rings. The van der Waals surface area contributed by atoms with Crippen LogP contribution in [0.25, 0.3) is 0 Å². The highest BCUT2D eigenvalue weighted by atomic mass is 16.3. The number of hydrogen-bond donors (Lipinski definition) is 1. The molecule has 1 aromatic rings. The molecule has 0 unspecified atom stereocenters. The zero-order chi connectivity index (χ0) is 9.26. The van der Waals surface area contributed by atoms with Crippen LogP contribution >= 0.6 is 0 Å². The van der Waals surface area contributed by atoms with E-state index in [-0.39, 0.29) is 11.9 Å². The zero-order valence-corrected chi connectivity index (χ0v) is 7.27. The Balaban J connectivity index is 2.06. The Kier molecular flexibility index (Phi) is 2.06. The van der Waals surface area contributed by atoms with E-state index < -0.39 is 0 Å². The predicted molar refractivity (Wildman–Crippen MR) is 47.2 cm³/mol. The van der Waals surface area contributed by atoms with Crippen molar-refractivity contribution in [2.45, 2.75) is 12.5 Å². The van der Waals surface area contributed by atoms with Gasteiger partial charge in [0.25, 0.3) is 5.91 Å². The van der Waals surface area contributed by atoms with Crippen molar-refractivity contribution in [1.29, 1.82) is 0 Å². The highest BCUT2D eigenvalue weighted by Crippen LogP contribution is 2.12. The summed E-state index contributed by atoms with van der Waals surface area (Å²) in [6.07, 6.45) is 2.38. The molecule has 13 heavy (non-hydrogen) atoms. The number of likely N-dealkylation sites (tertiary alicyclic amines) is 1. The van der Waals surface area contributed by atoms with Crippen molar-refractivity contribution in [1.82, 2.24) is 4.90 Å². The molecular formula is C9H12N2O2. The number of carbonyl (C=O) groups excluding carboxylic acids is 1. The van der Waals surface area contributed by atoms with Crippen molar-refractivity contribution >= 4 is 5.91 Å². The number of nitrogens with zero attached hydrogens (tertiary/aromatic N) is 1. The van der Waals surface area contributed by atoms with E-state index in [9.17, 15) is 4.79 Å². The van der Waals surface area contributed by atoms with Gasteiger partial charge in [0.2, 0.25) is 0 Å². The molecule has 0 saturated carbocycles. The molecule has 1 aliphatic heterocycles. The number of furan rings is 1. The topological polar surface area (TPSA) is 59.5 Å². The molecule has 1 atom stereocenters. The summed E-state index contributed by atoms with van der Waals surface area (Å²) in [5.41, 5.74) is 5.69. The van der Waals surface area contributed by atoms with E-state index in [1.165, 1.54) is 6.26 Å². The number of carbonyl (C=O) groups is 1. The minimum Gasteiger partial charge on any atom is -0.459 e. The van der Waals surface area contributed by atoms with Gasteiger partial charge in [-0.3, -0.25) is 4.79 Å². The van der Waals surface area contributed by atoms with Gasteiger partial charge in [0, 0.05) is 19.1 Å². The summed E-state index contributed by atoms with van der Waals surface area (Å²) < 4.78 is 5.01. The monoisotopic (exact) mass is 180 g/mol. The van der Waals surface area contributed by atoms with Gasteiger partial charge in [-0.25, -0.2) is 0 Å². The number of amides is 1. The van der Waals surface area contributed by atoms with Gasteiger partial charge >= 0.3 is 0 Å². The van der Waals surface area contributed by atoms with Crippen LogP contribution in [0.2, 0.25) is 0 Å². The lowest BCUT2D eigenvalue weighted by Gasteiger charge is -2.13. The predicted octanol–water partition coefficient (Wildman–Crippen LogP) is 0.453. The Hall–Kier alpha value is -1.29. The maximum Gasteiger partial charge on any atom is 0.289 e. The number of hydrogen-bond acceptors (Lipinski definition) is 3. The number of rotatable bonds is 1. The minimum atomic E-state index is -0.0575. The van der Waals surface area contributed by atoms with Crippen molar-refractivity contribution in [2.75, 3.05) is 13.1 Å². The lowest BCUT2D eigenvalue weighted by Crippen LogP contribution is -2.31. The summed E-state index contributed by atoms with van der Waals surface area (Å²) in [5.74, 6) is 0.340. The molecule has 0 radical (unpaired) electrons. The smallest absolute Gasteiger partial charge is 0.289 e. The molecule has 1 amide bonds. The van der Waals surface area contributed by atoms with Crippen LogP contribution in [0.1, 0.15) is 17.0 Å². The van der Waals surface area contributed by atoms with E-state index >= 15 is 0 Å². The highest BCUT2D eigenvalue weighted by molar-refractivity contribution is 5.91. The third-order valence-corrected chi connectivity index (χ3v) is 2.24. The minimum absolute atomic E-state index is 0.0575. The fourth-order valence-electron chi connectivity index (χ4n) is 1.53. The molecule has 0 bridgehead atoms. The maximum atomic E-state index is 11.6. The summed E-state index contributed by atoms with van der Waals surface area (Å²) in [6, 6.07) is 3.51. The van der Waals surface area contributed by atoms with Crippen LogP contribution in [0.5, 0.6) is 0 Å². The van der Waals surface area contributed by atoms with Crippen LogP contribution in [0.4, 0.5) is 0 Å². The molecule has 2 N–H and O–H groups in total. The van der Waals surface area contributed by atoms with Crippen molar-refractivity contribution in [3.05, 3.63) is 24.2 Å². The summed E-state index contributed by atoms with van der Waals surface area (Å²) in [5, 5.41) is 0. The van der Waals surface area contributed by atoms with E-state index in [1.807, 2.05) is 0 Å². The molecule has 0 aliphatic carbocycles. The van der Waals surface area contributed by atoms with Gasteiger partial charge in [-0.05, 0) is 18.6 Å². The van der Waals surface area contributed by atoms with E-state index in [0.29, 0.717) is 12.3 Å². The van der Waals surface area contributed by atoms with Crippen molar-refractivity contribution in [3.63, 3.8) is 0 Å². The molecule has 70 valence electrons. The first-order valence-electron chi connectivity index (χ1n) is 4.36. The van der Waals surface area contributed by atoms with Crippen molar-refractivity contribution in [3.8, 4) is 0 Å². The molecule has 4 nitrogen and oxygen atoms in total. The quantitative estimate of drug-likeness (QED) is 0.682. The average Bonchev–Trinajstić information content (AvgIpc) is 2.72. The molecule has 0 spiro atoms. The van der Waals surface area contributed by atoms with Crippen LogP contribution in [-0.2, 0) is 0 Å². The molecule has 2 rings (SSSR count). The third-order valence-electron chi connectivity index (χ3n) is 2.24. The lowest BCUT2D eigenvalue weighted by atomic mass is 10.3. The molecule has 4 heteroatoms. The van der Waals surface area contributed by atoms with Crippen molar-refractivity contribution in [2.24, 2.45) is 5.73 Å². The standard InChI is InChI=1S/C9H12N2O2/c10-7-3-4-11(6-7)9(12)8-2-1-5-13-8/h1-2,5,7H,3-4,6,10H2/t7-/m0/s1. The van der Waals surface area contributed by atoms with Gasteiger partial charge in [-0.1, -0.05) is 0 Å². The third kappa shape index (κ3) is 1.58. The van der Waals surface area contributed by atoms with E-state index in [1.54, 1.807) is 17.0 Å². The van der Waals surface area contributed by atoms with Crippen molar-refractivity contribution < 1.29 is 9.21 Å². The van der Waals surface area contributed by atoms with E-state index in [2.05, 4.69) is 0 Å². The SMILES string of the molecule is N[C@H]1CCN(C(=O)c2ccco2)C1. The van der Waals surface area contributed by atoms with E-state index in [4.69, 9.17) is 10.2 Å². The van der Waals surface area contributed by atoms with Crippen LogP contribution in [0.3, 0.4) is 0 Å². The van der Waals surface area contributed by atoms with Gasteiger partial charge in [-0.15, -0.1) is 0 Å². The summed E-state index contributed by atoms with van der Waals surface area (Å²) >= 11 is 0. The first kappa shape index (κ1) is 8.31. The molecular weight excluding hydrogens is 168 g/mol. The largest absolute Gasteiger partial charge is 0.459 e. The molecule has 1 fully saturated rings. The average molecular weight is 180 g/mol. The fourth-order valence-corrected chi connectivity index (χ4v) is 1.53. The fraction of sp³-hybridized carbons (Fsp3) is 0.444. The normalized spacial score (nSPS) is 22.2. The molecule has 1 aromatic heterocycles. The Bertz CT molecular complexity index is 295. The van der Waals surface area contributed by atoms with Gasteiger partial charge in [0.1, 0.15) is 0 Å². The Morgan fingerprint density at radius 1 is 1.69 bits per heavy atom. The second kappa shape index (κ2) is 3.22. The second-order valence-corrected chi connectivity index (χ2v) is 3.28. The summed E-state index contributed by atoms with van der Waals surface area (Å²) in [7, 11) is 0. The van der Waals surface area contributed by atoms with E-state index in [0.717, 1.165) is 13.0 Å².